The molecular formula is C38H23N3O. The second-order valence-corrected chi connectivity index (χ2v) is 10.6. The van der Waals surface area contributed by atoms with Crippen LogP contribution >= 0.6 is 0 Å². The van der Waals surface area contributed by atoms with Crippen LogP contribution in [0.2, 0.25) is 0 Å². The van der Waals surface area contributed by atoms with Crippen molar-refractivity contribution >= 4 is 59.9 Å². The van der Waals surface area contributed by atoms with Gasteiger partial charge in [-0.25, -0.2) is 4.98 Å². The topological polar surface area (TPSA) is 39.4 Å². The Morgan fingerprint density at radius 3 is 2.10 bits per heavy atom. The van der Waals surface area contributed by atoms with E-state index >= 15 is 0 Å². The molecule has 42 heavy (non-hydrogen) atoms. The molecule has 0 aliphatic heterocycles. The fourth-order valence-corrected chi connectivity index (χ4v) is 6.44. The Hall–Kier alpha value is -5.74. The molecule has 3 heterocycles. The zero-order valence-electron chi connectivity index (χ0n) is 22.5. The standard InChI is InChI=1S/C38H23N3O/c1-3-14-29-27(12-1)28-13-2-4-15-31(28)37-36(29)30-20-19-26(23-32(30)38-40-34-17-5-6-18-35(34)41(37)38)42-25-11-9-10-24(22-25)33-16-7-8-21-39-33/h1-23H. The van der Waals surface area contributed by atoms with Crippen molar-refractivity contribution in [3.8, 4) is 22.8 Å². The maximum Gasteiger partial charge on any atom is 0.146 e. The molecule has 9 rings (SSSR count). The first-order valence-electron chi connectivity index (χ1n) is 14.1. The van der Waals surface area contributed by atoms with E-state index in [1.807, 2.05) is 42.6 Å². The number of benzene rings is 6. The molecule has 196 valence electrons. The Balaban J connectivity index is 1.36. The molecule has 6 aromatic carbocycles. The molecule has 0 atom stereocenters. The molecule has 0 radical (unpaired) electrons. The van der Waals surface area contributed by atoms with Gasteiger partial charge >= 0.3 is 0 Å². The molecule has 0 spiro atoms. The predicted octanol–water partition coefficient (Wildman–Crippen LogP) is 9.95. The van der Waals surface area contributed by atoms with Crippen molar-refractivity contribution in [3.05, 3.63) is 140 Å². The van der Waals surface area contributed by atoms with Gasteiger partial charge in [0, 0.05) is 27.9 Å². The quantitative estimate of drug-likeness (QED) is 0.211. The lowest BCUT2D eigenvalue weighted by Gasteiger charge is -2.16. The summed E-state index contributed by atoms with van der Waals surface area (Å²) in [4.78, 5) is 9.68. The summed E-state index contributed by atoms with van der Waals surface area (Å²) >= 11 is 0. The summed E-state index contributed by atoms with van der Waals surface area (Å²) < 4.78 is 8.82. The summed E-state index contributed by atoms with van der Waals surface area (Å²) in [5, 5.41) is 8.37. The van der Waals surface area contributed by atoms with E-state index in [2.05, 4.69) is 106 Å². The van der Waals surface area contributed by atoms with Crippen LogP contribution in [0.15, 0.2) is 140 Å². The lowest BCUT2D eigenvalue weighted by Crippen LogP contribution is -1.95. The van der Waals surface area contributed by atoms with E-state index in [0.29, 0.717) is 0 Å². The van der Waals surface area contributed by atoms with Crippen molar-refractivity contribution in [2.24, 2.45) is 0 Å². The van der Waals surface area contributed by atoms with Gasteiger partial charge in [0.05, 0.1) is 22.2 Å². The molecule has 4 nitrogen and oxygen atoms in total. The van der Waals surface area contributed by atoms with Crippen molar-refractivity contribution < 1.29 is 4.74 Å². The van der Waals surface area contributed by atoms with E-state index in [-0.39, 0.29) is 0 Å². The highest BCUT2D eigenvalue weighted by Crippen LogP contribution is 2.42. The Bertz CT molecular complexity index is 2500. The lowest BCUT2D eigenvalue weighted by molar-refractivity contribution is 0.483. The van der Waals surface area contributed by atoms with Crippen molar-refractivity contribution in [2.45, 2.75) is 0 Å². The van der Waals surface area contributed by atoms with E-state index in [1.165, 1.54) is 32.4 Å². The summed E-state index contributed by atoms with van der Waals surface area (Å²) in [6, 6.07) is 46.2. The summed E-state index contributed by atoms with van der Waals surface area (Å²) in [6.45, 7) is 0. The molecule has 0 saturated heterocycles. The first kappa shape index (κ1) is 23.0. The number of para-hydroxylation sites is 2. The normalized spacial score (nSPS) is 11.8. The van der Waals surface area contributed by atoms with Gasteiger partial charge in [-0.3, -0.25) is 9.38 Å². The van der Waals surface area contributed by atoms with E-state index in [0.717, 1.165) is 50.2 Å². The molecule has 0 bridgehead atoms. The minimum absolute atomic E-state index is 0.763. The highest BCUT2D eigenvalue weighted by atomic mass is 16.5. The molecule has 0 fully saturated rings. The van der Waals surface area contributed by atoms with Gasteiger partial charge in [0.15, 0.2) is 0 Å². The number of hydrogen-bond donors (Lipinski definition) is 0. The maximum atomic E-state index is 6.48. The van der Waals surface area contributed by atoms with Gasteiger partial charge in [0.25, 0.3) is 0 Å². The van der Waals surface area contributed by atoms with Crippen molar-refractivity contribution in [3.63, 3.8) is 0 Å². The zero-order chi connectivity index (χ0) is 27.6. The lowest BCUT2D eigenvalue weighted by atomic mass is 9.94. The maximum absolute atomic E-state index is 6.48. The number of imidazole rings is 1. The summed E-state index contributed by atoms with van der Waals surface area (Å²) in [5.41, 5.74) is 6.09. The van der Waals surface area contributed by atoms with Crippen LogP contribution in [-0.2, 0) is 0 Å². The molecule has 0 aliphatic rings. The van der Waals surface area contributed by atoms with Gasteiger partial charge < -0.3 is 4.74 Å². The largest absolute Gasteiger partial charge is 0.457 e. The minimum atomic E-state index is 0.763. The molecule has 0 aliphatic carbocycles. The monoisotopic (exact) mass is 537 g/mol. The summed E-state index contributed by atoms with van der Waals surface area (Å²) in [5.74, 6) is 1.53. The molecule has 0 unspecified atom stereocenters. The van der Waals surface area contributed by atoms with Gasteiger partial charge in [-0.05, 0) is 76.1 Å². The van der Waals surface area contributed by atoms with Gasteiger partial charge in [-0.1, -0.05) is 78.9 Å². The van der Waals surface area contributed by atoms with E-state index < -0.39 is 0 Å². The number of fused-ring (bicyclic) bond motifs is 13. The van der Waals surface area contributed by atoms with Crippen LogP contribution in [0.3, 0.4) is 0 Å². The van der Waals surface area contributed by atoms with Crippen LogP contribution in [0.1, 0.15) is 0 Å². The van der Waals surface area contributed by atoms with Crippen LogP contribution in [0.4, 0.5) is 0 Å². The van der Waals surface area contributed by atoms with Crippen molar-refractivity contribution in [2.75, 3.05) is 0 Å². The van der Waals surface area contributed by atoms with Gasteiger partial charge in [0.1, 0.15) is 17.1 Å². The fourth-order valence-electron chi connectivity index (χ4n) is 6.44. The first-order chi connectivity index (χ1) is 20.8. The number of aromatic nitrogens is 3. The third-order valence-corrected chi connectivity index (χ3v) is 8.22. The van der Waals surface area contributed by atoms with Crippen LogP contribution in [-0.4, -0.2) is 14.4 Å². The summed E-state index contributed by atoms with van der Waals surface area (Å²) in [6.07, 6.45) is 1.81. The third-order valence-electron chi connectivity index (χ3n) is 8.22. The van der Waals surface area contributed by atoms with Crippen molar-refractivity contribution in [1.82, 2.24) is 14.4 Å². The third kappa shape index (κ3) is 3.36. The highest BCUT2D eigenvalue weighted by Gasteiger charge is 2.19. The van der Waals surface area contributed by atoms with Crippen LogP contribution in [0, 0.1) is 0 Å². The SMILES string of the molecule is c1ccc(-c2cccc(Oc3ccc4c(c3)c3nc5ccccc5n3c3c5ccccc5c5ccccc5c43)c2)nc1. The Morgan fingerprint density at radius 2 is 1.24 bits per heavy atom. The smallest absolute Gasteiger partial charge is 0.146 e. The van der Waals surface area contributed by atoms with E-state index in [1.54, 1.807) is 0 Å². The Kier molecular flexibility index (Phi) is 4.87. The summed E-state index contributed by atoms with van der Waals surface area (Å²) in [7, 11) is 0. The minimum Gasteiger partial charge on any atom is -0.457 e. The first-order valence-corrected chi connectivity index (χ1v) is 14.1. The number of rotatable bonds is 3. The van der Waals surface area contributed by atoms with Gasteiger partial charge in [-0.15, -0.1) is 0 Å². The highest BCUT2D eigenvalue weighted by molar-refractivity contribution is 6.32. The predicted molar refractivity (Wildman–Crippen MR) is 172 cm³/mol. The molecular weight excluding hydrogens is 514 g/mol. The molecule has 9 aromatic rings. The zero-order valence-corrected chi connectivity index (χ0v) is 22.5. The molecule has 0 amide bonds. The average molecular weight is 538 g/mol. The second-order valence-electron chi connectivity index (χ2n) is 10.6. The Morgan fingerprint density at radius 1 is 0.524 bits per heavy atom. The number of hydrogen-bond acceptors (Lipinski definition) is 3. The van der Waals surface area contributed by atoms with Crippen LogP contribution in [0.5, 0.6) is 11.5 Å². The van der Waals surface area contributed by atoms with E-state index in [4.69, 9.17) is 9.72 Å². The number of nitrogens with zero attached hydrogens (tertiary/aromatic N) is 3. The van der Waals surface area contributed by atoms with Gasteiger partial charge in [0.2, 0.25) is 0 Å². The molecule has 3 aromatic heterocycles. The molecule has 4 heteroatoms. The van der Waals surface area contributed by atoms with Crippen LogP contribution < -0.4 is 4.74 Å². The van der Waals surface area contributed by atoms with E-state index in [9.17, 15) is 0 Å². The number of ether oxygens (including phenoxy) is 1. The Labute approximate surface area is 241 Å². The number of pyridine rings is 2. The van der Waals surface area contributed by atoms with Crippen LogP contribution in [0.25, 0.3) is 71.2 Å². The molecule has 0 N–H and O–H groups in total. The second kappa shape index (κ2) is 8.88. The average Bonchev–Trinajstić information content (AvgIpc) is 3.45. The fraction of sp³-hybridized carbons (Fsp3) is 0. The van der Waals surface area contributed by atoms with Gasteiger partial charge in [-0.2, -0.15) is 0 Å². The molecule has 0 saturated carbocycles. The van der Waals surface area contributed by atoms with Crippen molar-refractivity contribution in [1.29, 1.82) is 0 Å².